The molecule has 0 radical (unpaired) electrons. The van der Waals surface area contributed by atoms with Crippen molar-refractivity contribution in [3.63, 3.8) is 0 Å². The molecule has 144 valence electrons. The van der Waals surface area contributed by atoms with Crippen molar-refractivity contribution in [3.05, 3.63) is 32.3 Å². The van der Waals surface area contributed by atoms with E-state index in [2.05, 4.69) is 23.0 Å². The first-order valence-corrected chi connectivity index (χ1v) is 11.9. The standard InChI is InChI=1S/C21H22Cl4N2/c22-16-12-8-5-9(13(12)17(23)19(25)18(16)24)15-14(8)20-10-6-1-2-7(4-3-6)11(10)21(15)27-26-20/h1-2,6-15,20-21,26-27H,3-5H2. The van der Waals surface area contributed by atoms with Gasteiger partial charge < -0.3 is 0 Å². The maximum atomic E-state index is 6.78. The van der Waals surface area contributed by atoms with Crippen LogP contribution in [-0.2, 0) is 0 Å². The summed E-state index contributed by atoms with van der Waals surface area (Å²) in [4.78, 5) is 0. The van der Waals surface area contributed by atoms with Crippen LogP contribution in [0.25, 0.3) is 0 Å². The lowest BCUT2D eigenvalue weighted by atomic mass is 9.46. The van der Waals surface area contributed by atoms with E-state index >= 15 is 0 Å². The van der Waals surface area contributed by atoms with Crippen molar-refractivity contribution < 1.29 is 0 Å². The summed E-state index contributed by atoms with van der Waals surface area (Å²) < 4.78 is 0. The summed E-state index contributed by atoms with van der Waals surface area (Å²) in [6.07, 6.45) is 8.98. The highest BCUT2D eigenvalue weighted by Gasteiger charge is 2.71. The van der Waals surface area contributed by atoms with Gasteiger partial charge in [-0.1, -0.05) is 58.6 Å². The molecule has 9 aliphatic rings. The van der Waals surface area contributed by atoms with Gasteiger partial charge in [0.25, 0.3) is 0 Å². The van der Waals surface area contributed by atoms with E-state index in [1.165, 1.54) is 19.3 Å². The Balaban J connectivity index is 1.35. The fraction of sp³-hybridized carbons (Fsp3) is 0.714. The third kappa shape index (κ3) is 1.86. The van der Waals surface area contributed by atoms with Crippen molar-refractivity contribution in [2.45, 2.75) is 31.3 Å². The SMILES string of the molecule is ClC1=C(Cl)C2C3CC(C2C(Cl)=C1Cl)C1C2NNC(C4C5C=CC(CC5)C24)C31. The molecule has 0 aromatic rings. The lowest BCUT2D eigenvalue weighted by molar-refractivity contribution is -0.123. The van der Waals surface area contributed by atoms with E-state index in [0.29, 0.717) is 45.8 Å². The third-order valence-corrected chi connectivity index (χ3v) is 11.4. The number of hydrogen-bond donors (Lipinski definition) is 2. The monoisotopic (exact) mass is 442 g/mol. The maximum absolute atomic E-state index is 6.78. The second-order valence-corrected chi connectivity index (χ2v) is 11.4. The predicted molar refractivity (Wildman–Crippen MR) is 109 cm³/mol. The van der Waals surface area contributed by atoms with Crippen LogP contribution < -0.4 is 10.9 Å². The average molecular weight is 444 g/mol. The summed E-state index contributed by atoms with van der Waals surface area (Å²) in [6.45, 7) is 0. The Bertz CT molecular complexity index is 768. The van der Waals surface area contributed by atoms with Crippen LogP contribution in [0.15, 0.2) is 32.3 Å². The van der Waals surface area contributed by atoms with Gasteiger partial charge in [-0.3, -0.25) is 10.9 Å². The summed E-state index contributed by atoms with van der Waals surface area (Å²) in [5.74, 6) is 6.05. The van der Waals surface area contributed by atoms with E-state index in [9.17, 15) is 0 Å². The fourth-order valence-corrected chi connectivity index (χ4v) is 10.2. The first-order valence-electron chi connectivity index (χ1n) is 10.4. The van der Waals surface area contributed by atoms with Gasteiger partial charge in [0, 0.05) is 34.0 Å². The van der Waals surface area contributed by atoms with Crippen LogP contribution in [0.3, 0.4) is 0 Å². The molecule has 6 heteroatoms. The van der Waals surface area contributed by atoms with E-state index in [-0.39, 0.29) is 11.8 Å². The van der Waals surface area contributed by atoms with Gasteiger partial charge in [-0.05, 0) is 66.6 Å². The molecule has 27 heavy (non-hydrogen) atoms. The molecular weight excluding hydrogens is 422 g/mol. The number of fused-ring (bicyclic) bond motifs is 7. The average Bonchev–Trinajstić information content (AvgIpc) is 3.30. The van der Waals surface area contributed by atoms with Gasteiger partial charge in [0.2, 0.25) is 0 Å². The van der Waals surface area contributed by atoms with Crippen LogP contribution in [-0.4, -0.2) is 12.1 Å². The lowest BCUT2D eigenvalue weighted by Crippen LogP contribution is -2.76. The van der Waals surface area contributed by atoms with Crippen molar-refractivity contribution in [3.8, 4) is 0 Å². The van der Waals surface area contributed by atoms with E-state index in [1.54, 1.807) is 0 Å². The zero-order chi connectivity index (χ0) is 18.2. The number of rotatable bonds is 0. The largest absolute Gasteiger partial charge is 0.254 e. The minimum Gasteiger partial charge on any atom is -0.254 e. The van der Waals surface area contributed by atoms with Crippen LogP contribution in [0.1, 0.15) is 19.3 Å². The number of nitrogens with one attached hydrogen (secondary N) is 2. The zero-order valence-electron chi connectivity index (χ0n) is 14.7. The van der Waals surface area contributed by atoms with Crippen LogP contribution in [0.4, 0.5) is 0 Å². The molecule has 2 heterocycles. The second-order valence-electron chi connectivity index (χ2n) is 9.88. The van der Waals surface area contributed by atoms with Gasteiger partial charge >= 0.3 is 0 Å². The predicted octanol–water partition coefficient (Wildman–Crippen LogP) is 5.18. The summed E-state index contributed by atoms with van der Waals surface area (Å²) in [5.41, 5.74) is 7.51. The Morgan fingerprint density at radius 1 is 0.667 bits per heavy atom. The van der Waals surface area contributed by atoms with Crippen LogP contribution in [0, 0.1) is 59.2 Å². The molecule has 0 aromatic heterocycles. The van der Waals surface area contributed by atoms with Crippen molar-refractivity contribution in [1.82, 2.24) is 10.9 Å². The van der Waals surface area contributed by atoms with Crippen molar-refractivity contribution in [2.24, 2.45) is 59.2 Å². The van der Waals surface area contributed by atoms with E-state index in [4.69, 9.17) is 46.4 Å². The van der Waals surface area contributed by atoms with Crippen molar-refractivity contribution in [2.75, 3.05) is 0 Å². The molecule has 0 spiro atoms. The van der Waals surface area contributed by atoms with Crippen LogP contribution in [0.2, 0.25) is 0 Å². The molecule has 0 amide bonds. The zero-order valence-corrected chi connectivity index (χ0v) is 17.7. The molecule has 6 bridgehead atoms. The van der Waals surface area contributed by atoms with E-state index < -0.39 is 0 Å². The van der Waals surface area contributed by atoms with E-state index in [1.807, 2.05) is 0 Å². The van der Waals surface area contributed by atoms with E-state index in [0.717, 1.165) is 33.7 Å². The summed E-state index contributed by atoms with van der Waals surface area (Å²) in [6, 6.07) is 1.09. The van der Waals surface area contributed by atoms with Gasteiger partial charge in [0.05, 0.1) is 10.1 Å². The molecule has 12 unspecified atom stereocenters. The Labute approximate surface area is 179 Å². The summed E-state index contributed by atoms with van der Waals surface area (Å²) in [7, 11) is 0. The molecule has 12 atom stereocenters. The first kappa shape index (κ1) is 17.0. The molecule has 2 N–H and O–H groups in total. The maximum Gasteiger partial charge on any atom is 0.0752 e. The van der Waals surface area contributed by atoms with Gasteiger partial charge in [-0.2, -0.15) is 0 Å². The highest BCUT2D eigenvalue weighted by atomic mass is 35.5. The number of hydrogen-bond acceptors (Lipinski definition) is 2. The molecule has 2 aliphatic heterocycles. The lowest BCUT2D eigenvalue weighted by Gasteiger charge is -2.65. The number of halogens is 4. The van der Waals surface area contributed by atoms with Gasteiger partial charge in [0.1, 0.15) is 0 Å². The Morgan fingerprint density at radius 3 is 1.52 bits per heavy atom. The molecule has 7 aliphatic carbocycles. The minimum atomic E-state index is 0.260. The Hall–Kier alpha value is 0.300. The van der Waals surface area contributed by atoms with Crippen molar-refractivity contribution in [1.29, 1.82) is 0 Å². The molecule has 4 saturated carbocycles. The highest BCUT2D eigenvalue weighted by molar-refractivity contribution is 6.51. The quantitative estimate of drug-likeness (QED) is 0.504. The second kappa shape index (κ2) is 5.50. The highest BCUT2D eigenvalue weighted by Crippen LogP contribution is 2.71. The van der Waals surface area contributed by atoms with Gasteiger partial charge in [0.15, 0.2) is 0 Å². The molecular formula is C21H22Cl4N2. The molecule has 9 rings (SSSR count). The Morgan fingerprint density at radius 2 is 1.11 bits per heavy atom. The molecule has 0 aromatic carbocycles. The normalized spacial score (nSPS) is 59.4. The first-order chi connectivity index (χ1) is 13.1. The number of allylic oxidation sites excluding steroid dienone is 6. The smallest absolute Gasteiger partial charge is 0.0752 e. The molecule has 6 fully saturated rings. The fourth-order valence-electron chi connectivity index (χ4n) is 8.89. The van der Waals surface area contributed by atoms with Crippen LogP contribution in [0.5, 0.6) is 0 Å². The summed E-state index contributed by atoms with van der Waals surface area (Å²) >= 11 is 26.5. The topological polar surface area (TPSA) is 24.1 Å². The number of hydrazine groups is 1. The molecule has 2 saturated heterocycles. The van der Waals surface area contributed by atoms with Gasteiger partial charge in [-0.15, -0.1) is 0 Å². The third-order valence-electron chi connectivity index (χ3n) is 9.43. The van der Waals surface area contributed by atoms with Crippen molar-refractivity contribution >= 4 is 46.4 Å². The Kier molecular flexibility index (Phi) is 3.47. The molecule has 2 nitrogen and oxygen atoms in total. The summed E-state index contributed by atoms with van der Waals surface area (Å²) in [5, 5.41) is 2.49. The van der Waals surface area contributed by atoms with Crippen LogP contribution >= 0.6 is 46.4 Å². The van der Waals surface area contributed by atoms with Gasteiger partial charge in [-0.25, -0.2) is 0 Å². The minimum absolute atomic E-state index is 0.260.